The molecule has 1 heterocycles. The predicted octanol–water partition coefficient (Wildman–Crippen LogP) is 3.83. The number of hydrogen-bond donors (Lipinski definition) is 1. The minimum atomic E-state index is -0.336. The molecule has 0 radical (unpaired) electrons. The van der Waals surface area contributed by atoms with Crippen LogP contribution in [0.1, 0.15) is 28.8 Å². The molecule has 3 aromatic rings. The van der Waals surface area contributed by atoms with Gasteiger partial charge in [-0.25, -0.2) is 0 Å². The maximum Gasteiger partial charge on any atom is 0.232 e. The van der Waals surface area contributed by atoms with E-state index in [0.29, 0.717) is 6.54 Å². The number of carbonyl (C=O) groups is 1. The van der Waals surface area contributed by atoms with Crippen LogP contribution in [0.25, 0.3) is 0 Å². The van der Waals surface area contributed by atoms with Crippen molar-refractivity contribution >= 4 is 5.91 Å². The normalized spacial score (nSPS) is 12.3. The fourth-order valence-electron chi connectivity index (χ4n) is 3.10. The maximum atomic E-state index is 13.1. The van der Waals surface area contributed by atoms with E-state index in [-0.39, 0.29) is 17.9 Å². The zero-order chi connectivity index (χ0) is 18.4. The van der Waals surface area contributed by atoms with Gasteiger partial charge in [0.1, 0.15) is 5.76 Å². The molecule has 4 nitrogen and oxygen atoms in total. The zero-order valence-electron chi connectivity index (χ0n) is 15.1. The number of furan rings is 1. The molecule has 0 fully saturated rings. The van der Waals surface area contributed by atoms with E-state index in [0.717, 1.165) is 16.9 Å². The van der Waals surface area contributed by atoms with Gasteiger partial charge in [0.15, 0.2) is 0 Å². The van der Waals surface area contributed by atoms with Gasteiger partial charge in [0, 0.05) is 6.54 Å². The SMILES string of the molecule is CN(C)[C@H](CNC(=O)C(c1ccccc1)c1ccccc1)c1ccco1. The van der Waals surface area contributed by atoms with Gasteiger partial charge < -0.3 is 9.73 Å². The van der Waals surface area contributed by atoms with Crippen LogP contribution in [-0.2, 0) is 4.79 Å². The Labute approximate surface area is 154 Å². The van der Waals surface area contributed by atoms with Crippen LogP contribution in [-0.4, -0.2) is 31.4 Å². The van der Waals surface area contributed by atoms with Crippen LogP contribution in [0.15, 0.2) is 83.5 Å². The van der Waals surface area contributed by atoms with Gasteiger partial charge in [-0.2, -0.15) is 0 Å². The molecule has 0 bridgehead atoms. The van der Waals surface area contributed by atoms with E-state index in [1.165, 1.54) is 0 Å². The number of hydrogen-bond acceptors (Lipinski definition) is 3. The second kappa shape index (κ2) is 8.50. The minimum Gasteiger partial charge on any atom is -0.468 e. The van der Waals surface area contributed by atoms with Gasteiger partial charge in [-0.15, -0.1) is 0 Å². The summed E-state index contributed by atoms with van der Waals surface area (Å²) in [5.74, 6) is 0.490. The van der Waals surface area contributed by atoms with E-state index in [4.69, 9.17) is 4.42 Å². The molecule has 1 aromatic heterocycles. The van der Waals surface area contributed by atoms with E-state index >= 15 is 0 Å². The first-order valence-electron chi connectivity index (χ1n) is 8.74. The van der Waals surface area contributed by atoms with E-state index in [1.54, 1.807) is 6.26 Å². The van der Waals surface area contributed by atoms with Gasteiger partial charge in [-0.1, -0.05) is 60.7 Å². The Bertz CT molecular complexity index is 759. The summed E-state index contributed by atoms with van der Waals surface area (Å²) in [7, 11) is 3.95. The van der Waals surface area contributed by atoms with Crippen LogP contribution in [0.5, 0.6) is 0 Å². The summed E-state index contributed by atoms with van der Waals surface area (Å²) < 4.78 is 5.53. The first-order valence-corrected chi connectivity index (χ1v) is 8.74. The highest BCUT2D eigenvalue weighted by Gasteiger charge is 2.24. The van der Waals surface area contributed by atoms with Gasteiger partial charge in [0.25, 0.3) is 0 Å². The number of nitrogens with zero attached hydrogens (tertiary/aromatic N) is 1. The first kappa shape index (κ1) is 18.0. The fourth-order valence-corrected chi connectivity index (χ4v) is 3.10. The highest BCUT2D eigenvalue weighted by atomic mass is 16.3. The second-order valence-corrected chi connectivity index (χ2v) is 6.49. The van der Waals surface area contributed by atoms with E-state index in [2.05, 4.69) is 5.32 Å². The third-order valence-electron chi connectivity index (χ3n) is 4.49. The molecule has 0 saturated heterocycles. The summed E-state index contributed by atoms with van der Waals surface area (Å²) in [6.07, 6.45) is 1.66. The van der Waals surface area contributed by atoms with Crippen molar-refractivity contribution in [3.05, 3.63) is 95.9 Å². The second-order valence-electron chi connectivity index (χ2n) is 6.49. The molecule has 0 spiro atoms. The lowest BCUT2D eigenvalue weighted by Crippen LogP contribution is -2.37. The van der Waals surface area contributed by atoms with Gasteiger partial charge >= 0.3 is 0 Å². The Hall–Kier alpha value is -2.85. The van der Waals surface area contributed by atoms with Crippen molar-refractivity contribution in [2.24, 2.45) is 0 Å². The minimum absolute atomic E-state index is 0.0128. The zero-order valence-corrected chi connectivity index (χ0v) is 15.1. The molecule has 1 N–H and O–H groups in total. The summed E-state index contributed by atoms with van der Waals surface area (Å²) in [5.41, 5.74) is 1.96. The van der Waals surface area contributed by atoms with Crippen molar-refractivity contribution < 1.29 is 9.21 Å². The highest BCUT2D eigenvalue weighted by molar-refractivity contribution is 5.87. The summed E-state index contributed by atoms with van der Waals surface area (Å²) in [4.78, 5) is 15.1. The summed E-state index contributed by atoms with van der Waals surface area (Å²) in [6.45, 7) is 0.482. The summed E-state index contributed by atoms with van der Waals surface area (Å²) >= 11 is 0. The number of amides is 1. The lowest BCUT2D eigenvalue weighted by molar-refractivity contribution is -0.121. The quantitative estimate of drug-likeness (QED) is 0.706. The number of carbonyl (C=O) groups excluding carboxylic acids is 1. The molecule has 3 rings (SSSR count). The summed E-state index contributed by atoms with van der Waals surface area (Å²) in [6, 6.07) is 23.5. The van der Waals surface area contributed by atoms with E-state index < -0.39 is 0 Å². The van der Waals surface area contributed by atoms with Crippen molar-refractivity contribution in [3.8, 4) is 0 Å². The van der Waals surface area contributed by atoms with Crippen molar-refractivity contribution in [1.82, 2.24) is 10.2 Å². The smallest absolute Gasteiger partial charge is 0.232 e. The third-order valence-corrected chi connectivity index (χ3v) is 4.49. The number of likely N-dealkylation sites (N-methyl/N-ethyl adjacent to an activating group) is 1. The number of rotatable bonds is 7. The van der Waals surface area contributed by atoms with Gasteiger partial charge in [-0.3, -0.25) is 9.69 Å². The van der Waals surface area contributed by atoms with Crippen LogP contribution < -0.4 is 5.32 Å². The molecule has 0 aliphatic rings. The van der Waals surface area contributed by atoms with Crippen LogP contribution in [0.4, 0.5) is 0 Å². The Morgan fingerprint density at radius 3 is 1.96 bits per heavy atom. The Balaban J connectivity index is 1.80. The molecule has 134 valence electrons. The molecule has 0 aliphatic carbocycles. The molecule has 26 heavy (non-hydrogen) atoms. The highest BCUT2D eigenvalue weighted by Crippen LogP contribution is 2.25. The van der Waals surface area contributed by atoms with Crippen molar-refractivity contribution in [2.75, 3.05) is 20.6 Å². The molecular weight excluding hydrogens is 324 g/mol. The Morgan fingerprint density at radius 1 is 0.923 bits per heavy atom. The topological polar surface area (TPSA) is 45.5 Å². The van der Waals surface area contributed by atoms with E-state index in [1.807, 2.05) is 91.8 Å². The Kier molecular flexibility index (Phi) is 5.87. The molecule has 0 aliphatic heterocycles. The lowest BCUT2D eigenvalue weighted by atomic mass is 9.90. The Morgan fingerprint density at radius 2 is 1.50 bits per heavy atom. The van der Waals surface area contributed by atoms with E-state index in [9.17, 15) is 4.79 Å². The van der Waals surface area contributed by atoms with Crippen LogP contribution in [0.2, 0.25) is 0 Å². The molecule has 1 atom stereocenters. The average molecular weight is 348 g/mol. The molecule has 4 heteroatoms. The largest absolute Gasteiger partial charge is 0.468 e. The first-order chi connectivity index (χ1) is 12.7. The van der Waals surface area contributed by atoms with Crippen molar-refractivity contribution in [2.45, 2.75) is 12.0 Å². The molecule has 0 unspecified atom stereocenters. The monoisotopic (exact) mass is 348 g/mol. The predicted molar refractivity (Wildman–Crippen MR) is 103 cm³/mol. The van der Waals surface area contributed by atoms with Crippen LogP contribution >= 0.6 is 0 Å². The molecule has 1 amide bonds. The number of benzene rings is 2. The van der Waals surface area contributed by atoms with Gasteiger partial charge in [-0.05, 0) is 37.4 Å². The molecule has 0 saturated carbocycles. The van der Waals surface area contributed by atoms with Crippen LogP contribution in [0.3, 0.4) is 0 Å². The van der Waals surface area contributed by atoms with Crippen molar-refractivity contribution in [1.29, 1.82) is 0 Å². The molecule has 2 aromatic carbocycles. The maximum absolute atomic E-state index is 13.1. The van der Waals surface area contributed by atoms with Gasteiger partial charge in [0.2, 0.25) is 5.91 Å². The standard InChI is InChI=1S/C22H24N2O2/c1-24(2)19(20-14-9-15-26-20)16-23-22(25)21(17-10-5-3-6-11-17)18-12-7-4-8-13-18/h3-15,19,21H,16H2,1-2H3,(H,23,25)/t19-/m1/s1. The van der Waals surface area contributed by atoms with Crippen LogP contribution in [0, 0.1) is 0 Å². The summed E-state index contributed by atoms with van der Waals surface area (Å²) in [5, 5.41) is 3.11. The average Bonchev–Trinajstić information content (AvgIpc) is 3.18. The lowest BCUT2D eigenvalue weighted by Gasteiger charge is -2.24. The number of nitrogens with one attached hydrogen (secondary N) is 1. The fraction of sp³-hybridized carbons (Fsp3) is 0.227. The molecular formula is C22H24N2O2. The van der Waals surface area contributed by atoms with Crippen molar-refractivity contribution in [3.63, 3.8) is 0 Å². The van der Waals surface area contributed by atoms with Gasteiger partial charge in [0.05, 0.1) is 18.2 Å². The third kappa shape index (κ3) is 4.21.